The van der Waals surface area contributed by atoms with Crippen LogP contribution in [0.25, 0.3) is 0 Å². The molecule has 1 heterocycles. The van der Waals surface area contributed by atoms with Gasteiger partial charge in [-0.05, 0) is 18.4 Å². The topological polar surface area (TPSA) is 21.3 Å². The zero-order valence-electron chi connectivity index (χ0n) is 7.98. The molecular formula is C9H19NO. The van der Waals surface area contributed by atoms with Gasteiger partial charge in [0.1, 0.15) is 0 Å². The van der Waals surface area contributed by atoms with Crippen LogP contribution in [0.1, 0.15) is 27.2 Å². The Hall–Kier alpha value is -0.0800. The fraction of sp³-hybridized carbons (Fsp3) is 1.00. The maximum absolute atomic E-state index is 5.39. The highest BCUT2D eigenvalue weighted by Gasteiger charge is 2.35. The molecule has 2 heteroatoms. The van der Waals surface area contributed by atoms with Gasteiger partial charge in [0.25, 0.3) is 0 Å². The quantitative estimate of drug-likeness (QED) is 0.621. The highest BCUT2D eigenvalue weighted by Crippen LogP contribution is 2.27. The van der Waals surface area contributed by atoms with Gasteiger partial charge >= 0.3 is 0 Å². The molecule has 0 aromatic heterocycles. The van der Waals surface area contributed by atoms with Crippen LogP contribution in [-0.4, -0.2) is 25.8 Å². The van der Waals surface area contributed by atoms with Gasteiger partial charge < -0.3 is 10.1 Å². The Labute approximate surface area is 69.3 Å². The molecule has 0 aliphatic carbocycles. The van der Waals surface area contributed by atoms with Crippen molar-refractivity contribution < 1.29 is 4.74 Å². The summed E-state index contributed by atoms with van der Waals surface area (Å²) >= 11 is 0. The van der Waals surface area contributed by atoms with E-state index in [4.69, 9.17) is 4.74 Å². The average molecular weight is 157 g/mol. The highest BCUT2D eigenvalue weighted by molar-refractivity contribution is 4.92. The molecule has 0 spiro atoms. The van der Waals surface area contributed by atoms with Crippen LogP contribution >= 0.6 is 0 Å². The third-order valence-electron chi connectivity index (χ3n) is 2.40. The lowest BCUT2D eigenvalue weighted by Gasteiger charge is -2.31. The van der Waals surface area contributed by atoms with Crippen molar-refractivity contribution in [2.45, 2.75) is 39.3 Å². The van der Waals surface area contributed by atoms with Gasteiger partial charge in [-0.25, -0.2) is 0 Å². The van der Waals surface area contributed by atoms with Crippen molar-refractivity contribution in [3.63, 3.8) is 0 Å². The molecule has 1 rings (SSSR count). The second-order valence-corrected chi connectivity index (χ2v) is 4.36. The summed E-state index contributed by atoms with van der Waals surface area (Å²) in [6.07, 6.45) is 1.56. The molecule has 11 heavy (non-hydrogen) atoms. The van der Waals surface area contributed by atoms with Gasteiger partial charge in [-0.2, -0.15) is 0 Å². The molecule has 1 aliphatic heterocycles. The molecule has 0 saturated carbocycles. The number of methoxy groups -OCH3 is 1. The monoisotopic (exact) mass is 157 g/mol. The minimum atomic E-state index is 0.317. The summed E-state index contributed by atoms with van der Waals surface area (Å²) in [5.41, 5.74) is 0.317. The molecular weight excluding hydrogens is 138 g/mol. The maximum Gasteiger partial charge on any atom is 0.0741 e. The number of hydrogen-bond donors (Lipinski definition) is 1. The standard InChI is InChI=1S/C9H19NO/c1-9(2,3)8-7(11-4)5-6-10-8/h7-8,10H,5-6H2,1-4H3/t7-,8+/m0/s1. The first-order valence-electron chi connectivity index (χ1n) is 4.32. The van der Waals surface area contributed by atoms with Crippen LogP contribution in [0.2, 0.25) is 0 Å². The molecule has 0 bridgehead atoms. The second-order valence-electron chi connectivity index (χ2n) is 4.36. The third-order valence-corrected chi connectivity index (χ3v) is 2.40. The van der Waals surface area contributed by atoms with Gasteiger partial charge in [0, 0.05) is 13.2 Å². The van der Waals surface area contributed by atoms with E-state index in [1.165, 1.54) is 0 Å². The molecule has 1 N–H and O–H groups in total. The van der Waals surface area contributed by atoms with Gasteiger partial charge in [-0.1, -0.05) is 20.8 Å². The molecule has 1 saturated heterocycles. The smallest absolute Gasteiger partial charge is 0.0741 e. The zero-order chi connectivity index (χ0) is 8.48. The van der Waals surface area contributed by atoms with E-state index in [-0.39, 0.29) is 0 Å². The van der Waals surface area contributed by atoms with Crippen molar-refractivity contribution >= 4 is 0 Å². The molecule has 66 valence electrons. The number of nitrogens with one attached hydrogen (secondary N) is 1. The van der Waals surface area contributed by atoms with Gasteiger partial charge in [-0.15, -0.1) is 0 Å². The minimum absolute atomic E-state index is 0.317. The summed E-state index contributed by atoms with van der Waals surface area (Å²) in [5.74, 6) is 0. The van der Waals surface area contributed by atoms with Crippen LogP contribution in [0.4, 0.5) is 0 Å². The predicted molar refractivity (Wildman–Crippen MR) is 46.7 cm³/mol. The first-order valence-corrected chi connectivity index (χ1v) is 4.32. The van der Waals surface area contributed by atoms with Crippen LogP contribution in [0.5, 0.6) is 0 Å². The SMILES string of the molecule is CO[C@H]1CCN[C@H]1C(C)(C)C. The first-order chi connectivity index (χ1) is 5.05. The Bertz CT molecular complexity index is 128. The van der Waals surface area contributed by atoms with Crippen LogP contribution in [0.15, 0.2) is 0 Å². The highest BCUT2D eigenvalue weighted by atomic mass is 16.5. The van der Waals surface area contributed by atoms with E-state index < -0.39 is 0 Å². The third kappa shape index (κ3) is 1.94. The summed E-state index contributed by atoms with van der Waals surface area (Å²) < 4.78 is 5.39. The Kier molecular flexibility index (Phi) is 2.55. The van der Waals surface area contributed by atoms with Crippen LogP contribution < -0.4 is 5.32 Å². The molecule has 0 aromatic carbocycles. The van der Waals surface area contributed by atoms with E-state index in [0.29, 0.717) is 17.6 Å². The van der Waals surface area contributed by atoms with Crippen molar-refractivity contribution in [1.82, 2.24) is 5.32 Å². The Morgan fingerprint density at radius 1 is 1.36 bits per heavy atom. The van der Waals surface area contributed by atoms with E-state index in [9.17, 15) is 0 Å². The predicted octanol–water partition coefficient (Wildman–Crippen LogP) is 1.41. The molecule has 0 aromatic rings. The van der Waals surface area contributed by atoms with Gasteiger partial charge in [0.15, 0.2) is 0 Å². The van der Waals surface area contributed by atoms with E-state index in [0.717, 1.165) is 13.0 Å². The summed E-state index contributed by atoms with van der Waals surface area (Å²) in [4.78, 5) is 0. The molecule has 0 amide bonds. The van der Waals surface area contributed by atoms with Gasteiger partial charge in [-0.3, -0.25) is 0 Å². The fourth-order valence-electron chi connectivity index (χ4n) is 1.80. The Morgan fingerprint density at radius 2 is 2.00 bits per heavy atom. The van der Waals surface area contributed by atoms with Gasteiger partial charge in [0.2, 0.25) is 0 Å². The van der Waals surface area contributed by atoms with Crippen molar-refractivity contribution in [3.05, 3.63) is 0 Å². The molecule has 1 fully saturated rings. The molecule has 2 atom stereocenters. The lowest BCUT2D eigenvalue weighted by molar-refractivity contribution is 0.0562. The molecule has 2 nitrogen and oxygen atoms in total. The van der Waals surface area contributed by atoms with Crippen molar-refractivity contribution in [2.75, 3.05) is 13.7 Å². The number of hydrogen-bond acceptors (Lipinski definition) is 2. The zero-order valence-corrected chi connectivity index (χ0v) is 7.98. The Morgan fingerprint density at radius 3 is 2.36 bits per heavy atom. The van der Waals surface area contributed by atoms with E-state index in [2.05, 4.69) is 26.1 Å². The second kappa shape index (κ2) is 3.11. The summed E-state index contributed by atoms with van der Waals surface area (Å²) in [5, 5.41) is 3.47. The normalized spacial score (nSPS) is 32.7. The summed E-state index contributed by atoms with van der Waals surface area (Å²) in [7, 11) is 1.80. The van der Waals surface area contributed by atoms with Crippen molar-refractivity contribution in [3.8, 4) is 0 Å². The largest absolute Gasteiger partial charge is 0.380 e. The Balaban J connectivity index is 2.57. The summed E-state index contributed by atoms with van der Waals surface area (Å²) in [6, 6.07) is 0.521. The van der Waals surface area contributed by atoms with Crippen LogP contribution in [0, 0.1) is 5.41 Å². The number of ether oxygens (including phenoxy) is 1. The minimum Gasteiger partial charge on any atom is -0.380 e. The molecule has 1 aliphatic rings. The van der Waals surface area contributed by atoms with E-state index in [1.54, 1.807) is 7.11 Å². The fourth-order valence-corrected chi connectivity index (χ4v) is 1.80. The van der Waals surface area contributed by atoms with E-state index in [1.807, 2.05) is 0 Å². The van der Waals surface area contributed by atoms with Crippen LogP contribution in [0.3, 0.4) is 0 Å². The molecule has 0 radical (unpaired) electrons. The van der Waals surface area contributed by atoms with E-state index >= 15 is 0 Å². The van der Waals surface area contributed by atoms with Crippen molar-refractivity contribution in [2.24, 2.45) is 5.41 Å². The maximum atomic E-state index is 5.39. The average Bonchev–Trinajstić information content (AvgIpc) is 2.31. The van der Waals surface area contributed by atoms with Crippen molar-refractivity contribution in [1.29, 1.82) is 0 Å². The summed E-state index contributed by atoms with van der Waals surface area (Å²) in [6.45, 7) is 7.85. The lowest BCUT2D eigenvalue weighted by Crippen LogP contribution is -2.42. The number of rotatable bonds is 1. The first kappa shape index (κ1) is 9.01. The van der Waals surface area contributed by atoms with Gasteiger partial charge in [0.05, 0.1) is 6.10 Å². The van der Waals surface area contributed by atoms with Crippen LogP contribution in [-0.2, 0) is 4.74 Å². The molecule has 0 unspecified atom stereocenters. The lowest BCUT2D eigenvalue weighted by atomic mass is 9.84.